The molecule has 1 aromatic rings. The van der Waals surface area contributed by atoms with Gasteiger partial charge in [-0.2, -0.15) is 5.26 Å². The van der Waals surface area contributed by atoms with E-state index in [1.807, 2.05) is 19.1 Å². The molecule has 0 spiro atoms. The van der Waals surface area contributed by atoms with Crippen molar-refractivity contribution in [1.82, 2.24) is 0 Å². The first kappa shape index (κ1) is 14.4. The molecule has 0 bridgehead atoms. The van der Waals surface area contributed by atoms with Crippen LogP contribution in [0.4, 0.5) is 5.69 Å². The van der Waals surface area contributed by atoms with E-state index in [2.05, 4.69) is 17.0 Å². The number of aliphatic carboxylic acids is 1. The molecule has 1 unspecified atom stereocenters. The monoisotopic (exact) mass is 272 g/mol. The number of carboxylic acid groups (broad SMARTS) is 1. The van der Waals surface area contributed by atoms with E-state index in [0.717, 1.165) is 43.6 Å². The van der Waals surface area contributed by atoms with Crippen LogP contribution in [0.3, 0.4) is 0 Å². The summed E-state index contributed by atoms with van der Waals surface area (Å²) < 4.78 is 0. The van der Waals surface area contributed by atoms with E-state index in [0.29, 0.717) is 11.5 Å². The molecule has 4 nitrogen and oxygen atoms in total. The van der Waals surface area contributed by atoms with Crippen LogP contribution in [0.1, 0.15) is 36.8 Å². The van der Waals surface area contributed by atoms with Crippen LogP contribution in [0.25, 0.3) is 0 Å². The highest BCUT2D eigenvalue weighted by molar-refractivity contribution is 5.66. The van der Waals surface area contributed by atoms with E-state index in [9.17, 15) is 10.1 Å². The number of rotatable bonds is 4. The Kier molecular flexibility index (Phi) is 4.62. The molecule has 106 valence electrons. The first-order valence-electron chi connectivity index (χ1n) is 7.07. The number of benzene rings is 1. The Bertz CT molecular complexity index is 534. The van der Waals surface area contributed by atoms with Crippen LogP contribution in [0.5, 0.6) is 0 Å². The molecule has 0 saturated carbocycles. The minimum atomic E-state index is -0.726. The zero-order chi connectivity index (χ0) is 14.5. The van der Waals surface area contributed by atoms with Gasteiger partial charge >= 0.3 is 5.97 Å². The molecule has 1 atom stereocenters. The van der Waals surface area contributed by atoms with Gasteiger partial charge in [0.05, 0.1) is 11.3 Å². The van der Waals surface area contributed by atoms with E-state index in [1.54, 1.807) is 0 Å². The molecule has 1 N–H and O–H groups in total. The zero-order valence-electron chi connectivity index (χ0n) is 11.8. The Morgan fingerprint density at radius 3 is 3.05 bits per heavy atom. The molecule has 2 rings (SSSR count). The number of piperidine rings is 1. The lowest BCUT2D eigenvalue weighted by Gasteiger charge is -2.35. The highest BCUT2D eigenvalue weighted by atomic mass is 16.4. The minimum Gasteiger partial charge on any atom is -0.481 e. The Balaban J connectivity index is 2.11. The van der Waals surface area contributed by atoms with Gasteiger partial charge < -0.3 is 10.0 Å². The highest BCUT2D eigenvalue weighted by Gasteiger charge is 2.22. The van der Waals surface area contributed by atoms with Crippen LogP contribution in [0, 0.1) is 24.2 Å². The van der Waals surface area contributed by atoms with Crippen molar-refractivity contribution < 1.29 is 9.90 Å². The maximum Gasteiger partial charge on any atom is 0.303 e. The average Bonchev–Trinajstić information content (AvgIpc) is 2.45. The van der Waals surface area contributed by atoms with Gasteiger partial charge in [0.2, 0.25) is 0 Å². The van der Waals surface area contributed by atoms with Crippen LogP contribution in [-0.2, 0) is 4.79 Å². The maximum absolute atomic E-state index is 10.7. The van der Waals surface area contributed by atoms with E-state index < -0.39 is 5.97 Å². The molecule has 20 heavy (non-hydrogen) atoms. The predicted octanol–water partition coefficient (Wildman–Crippen LogP) is 2.95. The van der Waals surface area contributed by atoms with E-state index in [4.69, 9.17) is 5.11 Å². The maximum atomic E-state index is 10.7. The van der Waals surface area contributed by atoms with Gasteiger partial charge in [-0.25, -0.2) is 0 Å². The van der Waals surface area contributed by atoms with Crippen LogP contribution < -0.4 is 4.90 Å². The molecule has 1 fully saturated rings. The second kappa shape index (κ2) is 6.42. The molecular weight excluding hydrogens is 252 g/mol. The van der Waals surface area contributed by atoms with Crippen LogP contribution >= 0.6 is 0 Å². The van der Waals surface area contributed by atoms with Crippen molar-refractivity contribution >= 4 is 11.7 Å². The molecule has 0 amide bonds. The quantitative estimate of drug-likeness (QED) is 0.915. The van der Waals surface area contributed by atoms with E-state index >= 15 is 0 Å². The van der Waals surface area contributed by atoms with Crippen molar-refractivity contribution in [1.29, 1.82) is 5.26 Å². The summed E-state index contributed by atoms with van der Waals surface area (Å²) in [5, 5.41) is 18.0. The summed E-state index contributed by atoms with van der Waals surface area (Å²) >= 11 is 0. The first-order chi connectivity index (χ1) is 9.60. The van der Waals surface area contributed by atoms with Gasteiger partial charge in [0.25, 0.3) is 0 Å². The lowest BCUT2D eigenvalue weighted by molar-refractivity contribution is -0.137. The SMILES string of the molecule is Cc1ccc(C#N)c(N2CCCC(CCC(=O)O)C2)c1. The summed E-state index contributed by atoms with van der Waals surface area (Å²) in [6, 6.07) is 8.12. The number of hydrogen-bond donors (Lipinski definition) is 1. The summed E-state index contributed by atoms with van der Waals surface area (Å²) in [5.74, 6) is -0.317. The van der Waals surface area contributed by atoms with Crippen molar-refractivity contribution in [2.24, 2.45) is 5.92 Å². The lowest BCUT2D eigenvalue weighted by atomic mass is 9.92. The van der Waals surface area contributed by atoms with Crippen LogP contribution in [0.15, 0.2) is 18.2 Å². The third-order valence-electron chi connectivity index (χ3n) is 3.90. The Morgan fingerprint density at radius 2 is 2.35 bits per heavy atom. The predicted molar refractivity (Wildman–Crippen MR) is 77.7 cm³/mol. The largest absolute Gasteiger partial charge is 0.481 e. The molecule has 1 heterocycles. The van der Waals surface area contributed by atoms with Gasteiger partial charge in [-0.05, 0) is 49.8 Å². The summed E-state index contributed by atoms with van der Waals surface area (Å²) in [6.07, 6.45) is 3.09. The highest BCUT2D eigenvalue weighted by Crippen LogP contribution is 2.28. The number of nitrogens with zero attached hydrogens (tertiary/aromatic N) is 2. The second-order valence-corrected chi connectivity index (χ2v) is 5.52. The fourth-order valence-corrected chi connectivity index (χ4v) is 2.84. The number of carboxylic acids is 1. The van der Waals surface area contributed by atoms with Gasteiger partial charge in [-0.3, -0.25) is 4.79 Å². The fraction of sp³-hybridized carbons (Fsp3) is 0.500. The lowest BCUT2D eigenvalue weighted by Crippen LogP contribution is -2.36. The molecule has 0 aromatic heterocycles. The molecule has 4 heteroatoms. The molecule has 1 aromatic carbocycles. The van der Waals surface area contributed by atoms with Crippen molar-refractivity contribution in [2.75, 3.05) is 18.0 Å². The van der Waals surface area contributed by atoms with Gasteiger partial charge in [0.1, 0.15) is 6.07 Å². The van der Waals surface area contributed by atoms with E-state index in [1.165, 1.54) is 0 Å². The molecule has 1 aliphatic rings. The summed E-state index contributed by atoms with van der Waals surface area (Å²) in [7, 11) is 0. The topological polar surface area (TPSA) is 64.3 Å². The van der Waals surface area contributed by atoms with Crippen LogP contribution in [0.2, 0.25) is 0 Å². The number of nitriles is 1. The molecule has 0 radical (unpaired) electrons. The van der Waals surface area contributed by atoms with E-state index in [-0.39, 0.29) is 6.42 Å². The smallest absolute Gasteiger partial charge is 0.303 e. The van der Waals surface area contributed by atoms with Crippen LogP contribution in [-0.4, -0.2) is 24.2 Å². The Hall–Kier alpha value is -2.02. The molecule has 0 aliphatic carbocycles. The normalized spacial score (nSPS) is 18.6. The zero-order valence-corrected chi connectivity index (χ0v) is 11.8. The number of hydrogen-bond acceptors (Lipinski definition) is 3. The van der Waals surface area contributed by atoms with Crippen molar-refractivity contribution in [3.8, 4) is 6.07 Å². The van der Waals surface area contributed by atoms with Crippen molar-refractivity contribution in [2.45, 2.75) is 32.6 Å². The summed E-state index contributed by atoms with van der Waals surface area (Å²) in [5.41, 5.74) is 2.84. The van der Waals surface area contributed by atoms with Gasteiger partial charge in [-0.1, -0.05) is 6.07 Å². The summed E-state index contributed by atoms with van der Waals surface area (Å²) in [4.78, 5) is 12.9. The van der Waals surface area contributed by atoms with Gasteiger partial charge in [0, 0.05) is 19.5 Å². The molecule has 1 saturated heterocycles. The Labute approximate surface area is 119 Å². The standard InChI is InChI=1S/C16H20N2O2/c1-12-4-6-14(10-17)15(9-12)18-8-2-3-13(11-18)5-7-16(19)20/h4,6,9,13H,2-3,5,7-8,11H2,1H3,(H,19,20). The number of carbonyl (C=O) groups is 1. The minimum absolute atomic E-state index is 0.234. The fourth-order valence-electron chi connectivity index (χ4n) is 2.84. The second-order valence-electron chi connectivity index (χ2n) is 5.52. The Morgan fingerprint density at radius 1 is 1.55 bits per heavy atom. The average molecular weight is 272 g/mol. The van der Waals surface area contributed by atoms with Gasteiger partial charge in [0.15, 0.2) is 0 Å². The third-order valence-corrected chi connectivity index (χ3v) is 3.90. The number of aryl methyl sites for hydroxylation is 1. The molecular formula is C16H20N2O2. The van der Waals surface area contributed by atoms with Crippen molar-refractivity contribution in [3.63, 3.8) is 0 Å². The number of anilines is 1. The van der Waals surface area contributed by atoms with Gasteiger partial charge in [-0.15, -0.1) is 0 Å². The third kappa shape index (κ3) is 3.51. The first-order valence-corrected chi connectivity index (χ1v) is 7.07. The summed E-state index contributed by atoms with van der Waals surface area (Å²) in [6.45, 7) is 3.82. The van der Waals surface area contributed by atoms with Crippen molar-refractivity contribution in [3.05, 3.63) is 29.3 Å². The molecule has 1 aliphatic heterocycles.